The van der Waals surface area contributed by atoms with Crippen LogP contribution in [0.2, 0.25) is 5.28 Å². The number of aryl methyl sites for hydroxylation is 1. The lowest BCUT2D eigenvalue weighted by molar-refractivity contribution is 0.768. The monoisotopic (exact) mass is 284 g/mol. The summed E-state index contributed by atoms with van der Waals surface area (Å²) in [7, 11) is 1.85. The quantitative estimate of drug-likeness (QED) is 0.503. The lowest BCUT2D eigenvalue weighted by Gasteiger charge is -1.99. The largest absolute Gasteiger partial charge is 0.275 e. The van der Waals surface area contributed by atoms with Crippen molar-refractivity contribution in [2.45, 2.75) is 0 Å². The van der Waals surface area contributed by atoms with Crippen LogP contribution in [-0.4, -0.2) is 29.4 Å². The van der Waals surface area contributed by atoms with Crippen molar-refractivity contribution in [3.63, 3.8) is 0 Å². The average molecular weight is 285 g/mol. The van der Waals surface area contributed by atoms with E-state index in [0.717, 1.165) is 10.9 Å². The molecule has 20 heavy (non-hydrogen) atoms. The van der Waals surface area contributed by atoms with Gasteiger partial charge in [-0.05, 0) is 29.8 Å². The Hall–Kier alpha value is -2.47. The Morgan fingerprint density at radius 1 is 1.05 bits per heavy atom. The first-order valence-corrected chi connectivity index (χ1v) is 6.41. The van der Waals surface area contributed by atoms with Gasteiger partial charge in [0.05, 0.1) is 5.52 Å². The maximum absolute atomic E-state index is 6.17. The maximum Gasteiger partial charge on any atom is 0.226 e. The molecule has 6 nitrogen and oxygen atoms in total. The second-order valence-electron chi connectivity index (χ2n) is 4.44. The number of rotatable bonds is 1. The molecule has 4 rings (SSSR count). The van der Waals surface area contributed by atoms with Crippen molar-refractivity contribution < 1.29 is 0 Å². The van der Waals surface area contributed by atoms with E-state index in [1.807, 2.05) is 43.6 Å². The minimum atomic E-state index is 0.286. The van der Waals surface area contributed by atoms with Crippen molar-refractivity contribution in [3.8, 4) is 11.5 Å². The number of halogens is 1. The van der Waals surface area contributed by atoms with Crippen LogP contribution in [0.1, 0.15) is 0 Å². The third-order valence-electron chi connectivity index (χ3n) is 3.08. The second kappa shape index (κ2) is 4.01. The molecule has 4 aromatic rings. The molecule has 0 atom stereocenters. The van der Waals surface area contributed by atoms with E-state index in [2.05, 4.69) is 20.2 Å². The SMILES string of the molecule is Cn1ccc(-c2nc3c4ccccc4nc(Cl)n3n2)n1. The van der Waals surface area contributed by atoms with Crippen LogP contribution in [0.4, 0.5) is 0 Å². The Bertz CT molecular complexity index is 938. The molecule has 3 heterocycles. The van der Waals surface area contributed by atoms with E-state index < -0.39 is 0 Å². The van der Waals surface area contributed by atoms with Gasteiger partial charge in [-0.1, -0.05) is 12.1 Å². The number of aromatic nitrogens is 6. The van der Waals surface area contributed by atoms with Gasteiger partial charge in [-0.3, -0.25) is 4.68 Å². The summed E-state index contributed by atoms with van der Waals surface area (Å²) in [5.41, 5.74) is 2.18. The minimum absolute atomic E-state index is 0.286. The fraction of sp³-hybridized carbons (Fsp3) is 0.0769. The van der Waals surface area contributed by atoms with Crippen LogP contribution in [0, 0.1) is 0 Å². The van der Waals surface area contributed by atoms with Crippen molar-refractivity contribution in [1.82, 2.24) is 29.4 Å². The zero-order valence-electron chi connectivity index (χ0n) is 10.5. The summed E-state index contributed by atoms with van der Waals surface area (Å²) in [4.78, 5) is 8.85. The van der Waals surface area contributed by atoms with E-state index in [0.29, 0.717) is 17.2 Å². The van der Waals surface area contributed by atoms with Gasteiger partial charge in [-0.15, -0.1) is 5.10 Å². The van der Waals surface area contributed by atoms with Gasteiger partial charge >= 0.3 is 0 Å². The van der Waals surface area contributed by atoms with Gasteiger partial charge < -0.3 is 0 Å². The van der Waals surface area contributed by atoms with Gasteiger partial charge in [0.25, 0.3) is 0 Å². The zero-order chi connectivity index (χ0) is 13.7. The first-order chi connectivity index (χ1) is 9.72. The first kappa shape index (κ1) is 11.4. The number of hydrogen-bond donors (Lipinski definition) is 0. The number of benzene rings is 1. The summed E-state index contributed by atoms with van der Waals surface area (Å²) in [5.74, 6) is 0.533. The Morgan fingerprint density at radius 2 is 1.90 bits per heavy atom. The fourth-order valence-corrected chi connectivity index (χ4v) is 2.37. The topological polar surface area (TPSA) is 60.9 Å². The van der Waals surface area contributed by atoms with E-state index in [4.69, 9.17) is 11.6 Å². The number of hydrogen-bond acceptors (Lipinski definition) is 4. The third-order valence-corrected chi connectivity index (χ3v) is 3.33. The highest BCUT2D eigenvalue weighted by Gasteiger charge is 2.14. The summed E-state index contributed by atoms with van der Waals surface area (Å²) in [5, 5.41) is 9.88. The standard InChI is InChI=1S/C13H9ClN6/c1-19-7-6-10(17-19)11-16-12-8-4-2-3-5-9(8)15-13(14)20(12)18-11/h2-7H,1H3. The summed E-state index contributed by atoms with van der Waals surface area (Å²) in [6.45, 7) is 0. The third kappa shape index (κ3) is 1.58. The smallest absolute Gasteiger partial charge is 0.226 e. The maximum atomic E-state index is 6.17. The average Bonchev–Trinajstić information content (AvgIpc) is 3.05. The van der Waals surface area contributed by atoms with Crippen molar-refractivity contribution >= 4 is 28.2 Å². The predicted molar refractivity (Wildman–Crippen MR) is 75.5 cm³/mol. The molecule has 7 heteroatoms. The van der Waals surface area contributed by atoms with Gasteiger partial charge in [-0.25, -0.2) is 9.97 Å². The van der Waals surface area contributed by atoms with Crippen molar-refractivity contribution in [2.75, 3.05) is 0 Å². The summed E-state index contributed by atoms with van der Waals surface area (Å²) in [6.07, 6.45) is 1.85. The van der Waals surface area contributed by atoms with E-state index in [1.165, 1.54) is 4.52 Å². The lowest BCUT2D eigenvalue weighted by atomic mass is 10.2. The predicted octanol–water partition coefficient (Wildman–Crippen LogP) is 2.33. The normalized spacial score (nSPS) is 11.5. The van der Waals surface area contributed by atoms with E-state index in [1.54, 1.807) is 4.68 Å². The Labute approximate surface area is 118 Å². The van der Waals surface area contributed by atoms with Crippen LogP contribution in [0.5, 0.6) is 0 Å². The Morgan fingerprint density at radius 3 is 2.70 bits per heavy atom. The van der Waals surface area contributed by atoms with Gasteiger partial charge in [0, 0.05) is 18.6 Å². The highest BCUT2D eigenvalue weighted by atomic mass is 35.5. The van der Waals surface area contributed by atoms with E-state index in [9.17, 15) is 0 Å². The summed E-state index contributed by atoms with van der Waals surface area (Å²) >= 11 is 6.17. The molecule has 0 aliphatic carbocycles. The van der Waals surface area contributed by atoms with Crippen LogP contribution in [0.15, 0.2) is 36.5 Å². The Kier molecular flexibility index (Phi) is 2.28. The highest BCUT2D eigenvalue weighted by molar-refractivity contribution is 6.29. The molecule has 0 N–H and O–H groups in total. The zero-order valence-corrected chi connectivity index (χ0v) is 11.3. The van der Waals surface area contributed by atoms with E-state index >= 15 is 0 Å². The first-order valence-electron chi connectivity index (χ1n) is 6.03. The molecular formula is C13H9ClN6. The van der Waals surface area contributed by atoms with Crippen molar-refractivity contribution in [1.29, 1.82) is 0 Å². The lowest BCUT2D eigenvalue weighted by Crippen LogP contribution is -1.94. The van der Waals surface area contributed by atoms with Crippen LogP contribution in [0.25, 0.3) is 28.1 Å². The molecular weight excluding hydrogens is 276 g/mol. The molecule has 0 radical (unpaired) electrons. The summed E-state index contributed by atoms with van der Waals surface area (Å²) in [6, 6.07) is 9.56. The van der Waals surface area contributed by atoms with Crippen molar-refractivity contribution in [3.05, 3.63) is 41.8 Å². The van der Waals surface area contributed by atoms with E-state index in [-0.39, 0.29) is 5.28 Å². The fourth-order valence-electron chi connectivity index (χ4n) is 2.16. The molecule has 0 spiro atoms. The summed E-state index contributed by atoms with van der Waals surface area (Å²) < 4.78 is 3.24. The van der Waals surface area contributed by atoms with Gasteiger partial charge in [0.2, 0.25) is 11.1 Å². The number of fused-ring (bicyclic) bond motifs is 3. The van der Waals surface area contributed by atoms with Crippen LogP contribution in [-0.2, 0) is 7.05 Å². The molecule has 0 saturated heterocycles. The Balaban J connectivity index is 2.07. The van der Waals surface area contributed by atoms with Crippen LogP contribution >= 0.6 is 11.6 Å². The van der Waals surface area contributed by atoms with Gasteiger partial charge in [-0.2, -0.15) is 9.61 Å². The number of para-hydroxylation sites is 1. The molecule has 0 saturated carbocycles. The van der Waals surface area contributed by atoms with Crippen molar-refractivity contribution in [2.24, 2.45) is 7.05 Å². The molecule has 0 aliphatic heterocycles. The van der Waals surface area contributed by atoms with Crippen LogP contribution < -0.4 is 0 Å². The minimum Gasteiger partial charge on any atom is -0.275 e. The molecule has 0 amide bonds. The molecule has 98 valence electrons. The molecule has 0 bridgehead atoms. The molecule has 0 unspecified atom stereocenters. The second-order valence-corrected chi connectivity index (χ2v) is 4.78. The number of nitrogens with zero attached hydrogens (tertiary/aromatic N) is 6. The highest BCUT2D eigenvalue weighted by Crippen LogP contribution is 2.23. The van der Waals surface area contributed by atoms with Crippen LogP contribution in [0.3, 0.4) is 0 Å². The van der Waals surface area contributed by atoms with Gasteiger partial charge in [0.15, 0.2) is 5.65 Å². The molecule has 0 fully saturated rings. The molecule has 1 aromatic carbocycles. The van der Waals surface area contributed by atoms with Gasteiger partial charge in [0.1, 0.15) is 5.69 Å². The molecule has 0 aliphatic rings. The molecule has 3 aromatic heterocycles.